The molecular formula is C17H16N2O6. The highest BCUT2D eigenvalue weighted by atomic mass is 16.8. The Bertz CT molecular complexity index is 864. The predicted octanol–water partition coefficient (Wildman–Crippen LogP) is 2.37. The van der Waals surface area contributed by atoms with E-state index in [1.807, 2.05) is 0 Å². The van der Waals surface area contributed by atoms with Gasteiger partial charge in [-0.2, -0.15) is 0 Å². The first-order valence-electron chi connectivity index (χ1n) is 7.28. The smallest absolute Gasteiger partial charge is 0.256 e. The average molecular weight is 344 g/mol. The largest absolute Gasteiger partial charge is 0.508 e. The summed E-state index contributed by atoms with van der Waals surface area (Å²) in [6, 6.07) is 9.53. The third kappa shape index (κ3) is 2.89. The number of phenols is 1. The Kier molecular flexibility index (Phi) is 4.34. The van der Waals surface area contributed by atoms with Crippen LogP contribution in [0.5, 0.6) is 23.0 Å². The first-order chi connectivity index (χ1) is 12.1. The molecule has 0 atom stereocenters. The van der Waals surface area contributed by atoms with Crippen molar-refractivity contribution in [3.05, 3.63) is 41.6 Å². The minimum absolute atomic E-state index is 0.108. The maximum absolute atomic E-state index is 12.2. The molecule has 1 heterocycles. The average Bonchev–Trinajstić information content (AvgIpc) is 3.02. The third-order valence-electron chi connectivity index (χ3n) is 3.69. The van der Waals surface area contributed by atoms with E-state index in [0.717, 1.165) is 0 Å². The quantitative estimate of drug-likeness (QED) is 0.709. The van der Waals surface area contributed by atoms with Gasteiger partial charge >= 0.3 is 0 Å². The van der Waals surface area contributed by atoms with E-state index in [4.69, 9.17) is 18.8 Å². The van der Waals surface area contributed by atoms with E-state index >= 15 is 0 Å². The second-order valence-electron chi connectivity index (χ2n) is 5.09. The molecule has 0 saturated heterocycles. The van der Waals surface area contributed by atoms with Crippen LogP contribution in [0.25, 0.3) is 22.5 Å². The molecule has 0 aliphatic carbocycles. The van der Waals surface area contributed by atoms with Crippen molar-refractivity contribution in [2.24, 2.45) is 0 Å². The van der Waals surface area contributed by atoms with Crippen LogP contribution in [-0.2, 0) is 0 Å². The summed E-state index contributed by atoms with van der Waals surface area (Å²) >= 11 is 0. The molecule has 0 radical (unpaired) electrons. The summed E-state index contributed by atoms with van der Waals surface area (Å²) in [6.45, 7) is 0. The monoisotopic (exact) mass is 344 g/mol. The summed E-state index contributed by atoms with van der Waals surface area (Å²) < 4.78 is 20.7. The van der Waals surface area contributed by atoms with Gasteiger partial charge in [0.05, 0.1) is 21.3 Å². The number of aromatic nitrogens is 2. The summed E-state index contributed by atoms with van der Waals surface area (Å²) in [5.74, 6) is 1.31. The second-order valence-corrected chi connectivity index (χ2v) is 5.09. The van der Waals surface area contributed by atoms with E-state index in [9.17, 15) is 10.3 Å². The van der Waals surface area contributed by atoms with Crippen molar-refractivity contribution in [3.8, 4) is 45.5 Å². The van der Waals surface area contributed by atoms with Gasteiger partial charge in [-0.15, -0.1) is 0 Å². The van der Waals surface area contributed by atoms with Gasteiger partial charge in [0.15, 0.2) is 11.5 Å². The lowest BCUT2D eigenvalue weighted by Crippen LogP contribution is -2.25. The maximum atomic E-state index is 12.2. The molecule has 25 heavy (non-hydrogen) atoms. The van der Waals surface area contributed by atoms with Crippen molar-refractivity contribution in [2.45, 2.75) is 0 Å². The molecule has 1 aromatic heterocycles. The molecule has 2 aromatic carbocycles. The number of rotatable bonds is 5. The Balaban J connectivity index is 2.20. The zero-order valence-corrected chi connectivity index (χ0v) is 13.8. The molecule has 8 nitrogen and oxygen atoms in total. The van der Waals surface area contributed by atoms with Gasteiger partial charge in [0.25, 0.3) is 5.69 Å². The predicted molar refractivity (Wildman–Crippen MR) is 87.7 cm³/mol. The molecule has 0 aliphatic heterocycles. The highest BCUT2D eigenvalue weighted by Gasteiger charge is 2.26. The normalized spacial score (nSPS) is 10.5. The molecule has 130 valence electrons. The van der Waals surface area contributed by atoms with Crippen molar-refractivity contribution in [3.63, 3.8) is 0 Å². The molecule has 0 unspecified atom stereocenters. The molecule has 0 fully saturated rings. The van der Waals surface area contributed by atoms with Crippen LogP contribution in [-0.4, -0.2) is 31.6 Å². The Hall–Kier alpha value is -3.42. The fraction of sp³-hybridized carbons (Fsp3) is 0.176. The van der Waals surface area contributed by atoms with Gasteiger partial charge in [-0.1, -0.05) is 0 Å². The minimum Gasteiger partial charge on any atom is -0.508 e. The van der Waals surface area contributed by atoms with Crippen LogP contribution in [0, 0.1) is 5.21 Å². The summed E-state index contributed by atoms with van der Waals surface area (Å²) in [4.78, 5) is 0.308. The summed E-state index contributed by atoms with van der Waals surface area (Å²) in [5, 5.41) is 25.4. The second kappa shape index (κ2) is 6.60. The van der Waals surface area contributed by atoms with E-state index in [1.165, 1.54) is 33.5 Å². The van der Waals surface area contributed by atoms with Crippen LogP contribution in [0.2, 0.25) is 0 Å². The zero-order valence-electron chi connectivity index (χ0n) is 13.8. The van der Waals surface area contributed by atoms with Crippen LogP contribution in [0.15, 0.2) is 41.0 Å². The van der Waals surface area contributed by atoms with Crippen molar-refractivity contribution >= 4 is 0 Å². The van der Waals surface area contributed by atoms with Crippen LogP contribution < -0.4 is 19.1 Å². The zero-order chi connectivity index (χ0) is 18.0. The summed E-state index contributed by atoms with van der Waals surface area (Å²) in [5.41, 5.74) is 1.60. The molecule has 0 saturated carbocycles. The first-order valence-corrected chi connectivity index (χ1v) is 7.28. The highest BCUT2D eigenvalue weighted by molar-refractivity contribution is 5.78. The fourth-order valence-corrected chi connectivity index (χ4v) is 2.52. The van der Waals surface area contributed by atoms with Crippen molar-refractivity contribution in [1.29, 1.82) is 0 Å². The summed E-state index contributed by atoms with van der Waals surface area (Å²) in [6.07, 6.45) is 0. The molecule has 0 bridgehead atoms. The van der Waals surface area contributed by atoms with Gasteiger partial charge in [0.1, 0.15) is 5.75 Å². The Labute approximate surface area is 143 Å². The van der Waals surface area contributed by atoms with Gasteiger partial charge in [0, 0.05) is 16.3 Å². The number of aromatic hydroxyl groups is 1. The van der Waals surface area contributed by atoms with E-state index in [1.54, 1.807) is 24.3 Å². The van der Waals surface area contributed by atoms with Gasteiger partial charge in [0.2, 0.25) is 11.4 Å². The third-order valence-corrected chi connectivity index (χ3v) is 3.69. The molecule has 8 heteroatoms. The number of nitrogens with zero attached hydrogens (tertiary/aromatic N) is 2. The number of phenolic OH excluding ortho intramolecular Hbond substituents is 1. The number of methoxy groups -OCH3 is 3. The molecule has 3 aromatic rings. The van der Waals surface area contributed by atoms with E-state index in [-0.39, 0.29) is 11.4 Å². The van der Waals surface area contributed by atoms with Crippen LogP contribution >= 0.6 is 0 Å². The first kappa shape index (κ1) is 16.4. The molecule has 1 N–H and O–H groups in total. The van der Waals surface area contributed by atoms with Gasteiger partial charge < -0.3 is 24.5 Å². The van der Waals surface area contributed by atoms with Crippen molar-refractivity contribution in [1.82, 2.24) is 5.16 Å². The lowest BCUT2D eigenvalue weighted by molar-refractivity contribution is -0.793. The van der Waals surface area contributed by atoms with Crippen molar-refractivity contribution < 1.29 is 28.8 Å². The number of benzene rings is 2. The van der Waals surface area contributed by atoms with Crippen LogP contribution in [0.3, 0.4) is 0 Å². The Morgan fingerprint density at radius 3 is 2.08 bits per heavy atom. The van der Waals surface area contributed by atoms with Gasteiger partial charge in [-0.3, -0.25) is 4.63 Å². The number of ether oxygens (including phenoxy) is 3. The highest BCUT2D eigenvalue weighted by Crippen LogP contribution is 2.42. The maximum Gasteiger partial charge on any atom is 0.256 e. The topological polar surface area (TPSA) is 101 Å². The van der Waals surface area contributed by atoms with Crippen LogP contribution in [0.4, 0.5) is 0 Å². The molecule has 0 spiro atoms. The Morgan fingerprint density at radius 1 is 0.960 bits per heavy atom. The lowest BCUT2D eigenvalue weighted by atomic mass is 10.0. The van der Waals surface area contributed by atoms with E-state index in [2.05, 4.69) is 5.16 Å². The SMILES string of the molecule is COc1cc(-c2c(-c3ccc(O)cc3)no[n+]2[O-])cc(OC)c1OC. The molecule has 0 aliphatic rings. The fourth-order valence-electron chi connectivity index (χ4n) is 2.52. The number of hydrogen-bond donors (Lipinski definition) is 1. The summed E-state index contributed by atoms with van der Waals surface area (Å²) in [7, 11) is 4.47. The van der Waals surface area contributed by atoms with Crippen LogP contribution in [0.1, 0.15) is 0 Å². The van der Waals surface area contributed by atoms with E-state index in [0.29, 0.717) is 39.0 Å². The lowest BCUT2D eigenvalue weighted by Gasteiger charge is -2.13. The molecule has 3 rings (SSSR count). The van der Waals surface area contributed by atoms with Gasteiger partial charge in [-0.25, -0.2) is 0 Å². The Morgan fingerprint density at radius 2 is 1.56 bits per heavy atom. The minimum atomic E-state index is 0.108. The van der Waals surface area contributed by atoms with E-state index < -0.39 is 0 Å². The molecular weight excluding hydrogens is 328 g/mol. The van der Waals surface area contributed by atoms with Gasteiger partial charge in [-0.05, 0) is 41.3 Å². The van der Waals surface area contributed by atoms with Crippen molar-refractivity contribution in [2.75, 3.05) is 21.3 Å². The molecule has 0 amide bonds. The standard InChI is InChI=1S/C17H16N2O6/c1-22-13-8-11(9-14(23-2)17(13)24-3)16-15(18-25-19(16)21)10-4-6-12(20)7-5-10/h4-9,20H,1-3H3. The number of hydrogen-bond acceptors (Lipinski definition) is 7.